The Morgan fingerprint density at radius 2 is 2.11 bits per heavy atom. The largest absolute Gasteiger partial charge is 0.306 e. The minimum atomic E-state index is -0.143. The third kappa shape index (κ3) is 2.43. The van der Waals surface area contributed by atoms with Crippen molar-refractivity contribution in [2.24, 2.45) is 5.92 Å². The Hall–Kier alpha value is -0.930. The number of fused-ring (bicyclic) bond motifs is 3. The van der Waals surface area contributed by atoms with Gasteiger partial charge in [-0.1, -0.05) is 12.1 Å². The molecule has 98 valence electrons. The molecular weight excluding hydrogens is 227 g/mol. The van der Waals surface area contributed by atoms with Crippen molar-refractivity contribution in [2.45, 2.75) is 31.8 Å². The van der Waals surface area contributed by atoms with Crippen LogP contribution in [0.4, 0.5) is 4.39 Å². The van der Waals surface area contributed by atoms with Crippen molar-refractivity contribution in [2.75, 3.05) is 19.6 Å². The van der Waals surface area contributed by atoms with E-state index in [1.54, 1.807) is 12.1 Å². The Balaban J connectivity index is 1.66. The van der Waals surface area contributed by atoms with Gasteiger partial charge in [0.05, 0.1) is 0 Å². The third-order valence-electron chi connectivity index (χ3n) is 4.47. The van der Waals surface area contributed by atoms with Crippen molar-refractivity contribution >= 4 is 0 Å². The first-order chi connectivity index (χ1) is 8.72. The first-order valence-electron chi connectivity index (χ1n) is 6.96. The summed E-state index contributed by atoms with van der Waals surface area (Å²) in [4.78, 5) is 2.54. The highest BCUT2D eigenvalue weighted by Gasteiger charge is 2.34. The van der Waals surface area contributed by atoms with Gasteiger partial charge in [-0.25, -0.2) is 4.39 Å². The molecule has 3 aliphatic heterocycles. The van der Waals surface area contributed by atoms with E-state index in [4.69, 9.17) is 0 Å². The van der Waals surface area contributed by atoms with Gasteiger partial charge in [0.25, 0.3) is 0 Å². The molecule has 2 atom stereocenters. The molecule has 3 heterocycles. The van der Waals surface area contributed by atoms with Gasteiger partial charge < -0.3 is 10.2 Å². The van der Waals surface area contributed by atoms with Gasteiger partial charge in [0.1, 0.15) is 5.82 Å². The van der Waals surface area contributed by atoms with E-state index in [-0.39, 0.29) is 11.9 Å². The lowest BCUT2D eigenvalue weighted by Crippen LogP contribution is -2.56. The maximum absolute atomic E-state index is 13.2. The van der Waals surface area contributed by atoms with Crippen LogP contribution in [0.2, 0.25) is 0 Å². The number of nitrogens with one attached hydrogen (secondary N) is 1. The second-order valence-corrected chi connectivity index (χ2v) is 5.69. The molecule has 2 nitrogen and oxygen atoms in total. The molecule has 3 fully saturated rings. The van der Waals surface area contributed by atoms with Crippen molar-refractivity contribution in [3.05, 3.63) is 35.6 Å². The van der Waals surface area contributed by atoms with Gasteiger partial charge in [-0.2, -0.15) is 0 Å². The van der Waals surface area contributed by atoms with Gasteiger partial charge in [0, 0.05) is 18.6 Å². The van der Waals surface area contributed by atoms with E-state index < -0.39 is 0 Å². The summed E-state index contributed by atoms with van der Waals surface area (Å²) in [5.74, 6) is 0.668. The SMILES string of the molecule is CC(NC1CN2CCC1CC2)c1cccc(F)c1. The van der Waals surface area contributed by atoms with E-state index >= 15 is 0 Å². The molecule has 1 aromatic carbocycles. The highest BCUT2D eigenvalue weighted by atomic mass is 19.1. The van der Waals surface area contributed by atoms with Crippen LogP contribution in [-0.4, -0.2) is 30.6 Å². The normalized spacial score (nSPS) is 32.4. The number of benzene rings is 1. The van der Waals surface area contributed by atoms with Crippen LogP contribution in [0, 0.1) is 11.7 Å². The lowest BCUT2D eigenvalue weighted by Gasteiger charge is -2.46. The molecule has 4 rings (SSSR count). The van der Waals surface area contributed by atoms with Gasteiger partial charge in [-0.3, -0.25) is 0 Å². The number of hydrogen-bond acceptors (Lipinski definition) is 2. The summed E-state index contributed by atoms with van der Waals surface area (Å²) in [5.41, 5.74) is 1.05. The topological polar surface area (TPSA) is 15.3 Å². The molecule has 3 aliphatic rings. The molecule has 0 radical (unpaired) electrons. The fourth-order valence-electron chi connectivity index (χ4n) is 3.35. The minimum Gasteiger partial charge on any atom is -0.306 e. The third-order valence-corrected chi connectivity index (χ3v) is 4.47. The molecule has 3 saturated heterocycles. The Labute approximate surface area is 108 Å². The zero-order chi connectivity index (χ0) is 12.5. The van der Waals surface area contributed by atoms with Crippen molar-refractivity contribution in [1.29, 1.82) is 0 Å². The second-order valence-electron chi connectivity index (χ2n) is 5.69. The summed E-state index contributed by atoms with van der Waals surface area (Å²) in [7, 11) is 0. The van der Waals surface area contributed by atoms with Crippen LogP contribution in [0.3, 0.4) is 0 Å². The average Bonchev–Trinajstić information content (AvgIpc) is 2.40. The summed E-state index contributed by atoms with van der Waals surface area (Å²) in [6.07, 6.45) is 2.63. The smallest absolute Gasteiger partial charge is 0.123 e. The van der Waals surface area contributed by atoms with Gasteiger partial charge in [0.2, 0.25) is 0 Å². The van der Waals surface area contributed by atoms with Crippen LogP contribution in [0.5, 0.6) is 0 Å². The molecule has 2 unspecified atom stereocenters. The first kappa shape index (κ1) is 12.1. The van der Waals surface area contributed by atoms with Gasteiger partial charge >= 0.3 is 0 Å². The molecular formula is C15H21FN2. The van der Waals surface area contributed by atoms with E-state index in [1.165, 1.54) is 32.0 Å². The molecule has 0 aliphatic carbocycles. The maximum Gasteiger partial charge on any atom is 0.123 e. The monoisotopic (exact) mass is 248 g/mol. The predicted octanol–water partition coefficient (Wildman–Crippen LogP) is 2.57. The van der Waals surface area contributed by atoms with Crippen molar-refractivity contribution in [3.8, 4) is 0 Å². The zero-order valence-corrected chi connectivity index (χ0v) is 10.9. The predicted molar refractivity (Wildman–Crippen MR) is 70.9 cm³/mol. The summed E-state index contributed by atoms with van der Waals surface area (Å²) < 4.78 is 13.2. The first-order valence-corrected chi connectivity index (χ1v) is 6.96. The number of nitrogens with zero attached hydrogens (tertiary/aromatic N) is 1. The Morgan fingerprint density at radius 3 is 2.72 bits per heavy atom. The zero-order valence-electron chi connectivity index (χ0n) is 10.9. The summed E-state index contributed by atoms with van der Waals surface area (Å²) in [5, 5.41) is 3.69. The highest BCUT2D eigenvalue weighted by Crippen LogP contribution is 2.29. The number of halogens is 1. The lowest BCUT2D eigenvalue weighted by molar-refractivity contribution is 0.0680. The molecule has 0 spiro atoms. The van der Waals surface area contributed by atoms with Crippen molar-refractivity contribution in [1.82, 2.24) is 10.2 Å². The fourth-order valence-corrected chi connectivity index (χ4v) is 3.35. The maximum atomic E-state index is 13.2. The van der Waals surface area contributed by atoms with Crippen LogP contribution in [-0.2, 0) is 0 Å². The molecule has 2 bridgehead atoms. The van der Waals surface area contributed by atoms with Crippen LogP contribution in [0.15, 0.2) is 24.3 Å². The second kappa shape index (κ2) is 4.98. The summed E-state index contributed by atoms with van der Waals surface area (Å²) >= 11 is 0. The van der Waals surface area contributed by atoms with Crippen LogP contribution < -0.4 is 5.32 Å². The number of hydrogen-bond donors (Lipinski definition) is 1. The molecule has 1 aromatic rings. The van der Waals surface area contributed by atoms with Gasteiger partial charge in [-0.05, 0) is 56.5 Å². The molecule has 1 N–H and O–H groups in total. The van der Waals surface area contributed by atoms with Crippen LogP contribution in [0.25, 0.3) is 0 Å². The average molecular weight is 248 g/mol. The molecule has 0 saturated carbocycles. The van der Waals surface area contributed by atoms with Crippen LogP contribution in [0.1, 0.15) is 31.4 Å². The Morgan fingerprint density at radius 1 is 1.33 bits per heavy atom. The molecule has 3 heteroatoms. The van der Waals surface area contributed by atoms with Crippen molar-refractivity contribution in [3.63, 3.8) is 0 Å². The van der Waals surface area contributed by atoms with Crippen LogP contribution >= 0.6 is 0 Å². The molecule has 0 aromatic heterocycles. The number of piperidine rings is 3. The number of rotatable bonds is 3. The van der Waals surface area contributed by atoms with Gasteiger partial charge in [0.15, 0.2) is 0 Å². The Kier molecular flexibility index (Phi) is 3.35. The lowest BCUT2D eigenvalue weighted by atomic mass is 9.83. The van der Waals surface area contributed by atoms with E-state index in [1.807, 2.05) is 6.07 Å². The summed E-state index contributed by atoms with van der Waals surface area (Å²) in [6.45, 7) is 5.81. The fraction of sp³-hybridized carbons (Fsp3) is 0.600. The highest BCUT2D eigenvalue weighted by molar-refractivity contribution is 5.19. The van der Waals surface area contributed by atoms with E-state index in [0.717, 1.165) is 18.0 Å². The van der Waals surface area contributed by atoms with E-state index in [9.17, 15) is 4.39 Å². The Bertz CT molecular complexity index is 413. The standard InChI is InChI=1S/C15H21FN2/c1-11(13-3-2-4-14(16)9-13)17-15-10-18-7-5-12(15)6-8-18/h2-4,9,11-12,15,17H,5-8,10H2,1H3. The molecule has 18 heavy (non-hydrogen) atoms. The van der Waals surface area contributed by atoms with E-state index in [0.29, 0.717) is 6.04 Å². The quantitative estimate of drug-likeness (QED) is 0.884. The minimum absolute atomic E-state index is 0.143. The summed E-state index contributed by atoms with van der Waals surface area (Å²) in [6, 6.07) is 7.74. The van der Waals surface area contributed by atoms with E-state index in [2.05, 4.69) is 17.1 Å². The van der Waals surface area contributed by atoms with Gasteiger partial charge in [-0.15, -0.1) is 0 Å². The van der Waals surface area contributed by atoms with Crippen molar-refractivity contribution < 1.29 is 4.39 Å². The molecule has 0 amide bonds.